The Bertz CT molecular complexity index is 752. The lowest BCUT2D eigenvalue weighted by molar-refractivity contribution is 0.597. The monoisotopic (exact) mass is 291 g/mol. The van der Waals surface area contributed by atoms with E-state index in [9.17, 15) is 12.8 Å². The van der Waals surface area contributed by atoms with E-state index in [1.165, 1.54) is 36.5 Å². The van der Waals surface area contributed by atoms with E-state index in [1.807, 2.05) is 6.07 Å². The first-order valence-electron chi connectivity index (χ1n) is 5.62. The van der Waals surface area contributed by atoms with Crippen LogP contribution in [0.2, 0.25) is 0 Å². The highest BCUT2D eigenvalue weighted by Crippen LogP contribution is 2.17. The zero-order chi connectivity index (χ0) is 14.6. The van der Waals surface area contributed by atoms with E-state index < -0.39 is 15.8 Å². The molecule has 0 aliphatic carbocycles. The molecule has 0 bridgehead atoms. The lowest BCUT2D eigenvalue weighted by atomic mass is 10.2. The lowest BCUT2D eigenvalue weighted by Gasteiger charge is -2.08. The Morgan fingerprint density at radius 1 is 1.25 bits per heavy atom. The molecule has 2 aromatic rings. The Morgan fingerprint density at radius 2 is 1.95 bits per heavy atom. The highest BCUT2D eigenvalue weighted by molar-refractivity contribution is 7.92. The predicted octanol–water partition coefficient (Wildman–Crippen LogP) is 2.09. The topological polar surface area (TPSA) is 82.8 Å². The van der Waals surface area contributed by atoms with Crippen molar-refractivity contribution in [2.24, 2.45) is 0 Å². The van der Waals surface area contributed by atoms with Crippen molar-refractivity contribution in [1.29, 1.82) is 5.26 Å². The van der Waals surface area contributed by atoms with Gasteiger partial charge >= 0.3 is 0 Å². The molecule has 1 aromatic heterocycles. The second-order valence-electron chi connectivity index (χ2n) is 3.92. The zero-order valence-electron chi connectivity index (χ0n) is 10.2. The van der Waals surface area contributed by atoms with Gasteiger partial charge in [0.25, 0.3) is 10.0 Å². The number of pyridine rings is 1. The average molecular weight is 291 g/mol. The number of sulfonamides is 1. The molecular weight excluding hydrogens is 281 g/mol. The number of aromatic nitrogens is 1. The fourth-order valence-electron chi connectivity index (χ4n) is 1.52. The van der Waals surface area contributed by atoms with E-state index in [4.69, 9.17) is 5.26 Å². The van der Waals surface area contributed by atoms with E-state index in [-0.39, 0.29) is 17.1 Å². The third-order valence-corrected chi connectivity index (χ3v) is 3.86. The molecule has 2 rings (SSSR count). The Labute approximate surface area is 115 Å². The number of hydrogen-bond donors (Lipinski definition) is 1. The van der Waals surface area contributed by atoms with E-state index in [2.05, 4.69) is 9.71 Å². The molecule has 0 amide bonds. The number of nitrogens with zero attached hydrogens (tertiary/aromatic N) is 2. The number of rotatable bonds is 4. The molecule has 0 radical (unpaired) electrons. The second-order valence-corrected chi connectivity index (χ2v) is 5.60. The van der Waals surface area contributed by atoms with Crippen molar-refractivity contribution in [2.45, 2.75) is 11.3 Å². The first-order chi connectivity index (χ1) is 9.53. The molecule has 7 heteroatoms. The molecular formula is C13H10FN3O2S. The molecule has 0 saturated carbocycles. The summed E-state index contributed by atoms with van der Waals surface area (Å²) >= 11 is 0. The van der Waals surface area contributed by atoms with Crippen LogP contribution < -0.4 is 4.72 Å². The van der Waals surface area contributed by atoms with Gasteiger partial charge in [-0.1, -0.05) is 12.1 Å². The van der Waals surface area contributed by atoms with Gasteiger partial charge in [0.2, 0.25) is 0 Å². The smallest absolute Gasteiger partial charge is 0.261 e. The van der Waals surface area contributed by atoms with Crippen molar-refractivity contribution in [3.63, 3.8) is 0 Å². The van der Waals surface area contributed by atoms with Gasteiger partial charge in [-0.25, -0.2) is 17.8 Å². The van der Waals surface area contributed by atoms with E-state index in [0.717, 1.165) is 6.07 Å². The molecule has 1 N–H and O–H groups in total. The van der Waals surface area contributed by atoms with Gasteiger partial charge in [0.1, 0.15) is 0 Å². The van der Waals surface area contributed by atoms with Crippen molar-refractivity contribution in [2.75, 3.05) is 4.72 Å². The second kappa shape index (κ2) is 5.67. The minimum atomic E-state index is -3.90. The number of nitrogens with one attached hydrogen (secondary N) is 1. The number of hydrogen-bond acceptors (Lipinski definition) is 4. The van der Waals surface area contributed by atoms with Crippen molar-refractivity contribution in [3.05, 3.63) is 54.0 Å². The van der Waals surface area contributed by atoms with Crippen LogP contribution in [0, 0.1) is 17.1 Å². The van der Waals surface area contributed by atoms with Crippen LogP contribution in [-0.4, -0.2) is 13.4 Å². The first kappa shape index (κ1) is 14.0. The maximum atomic E-state index is 13.4. The molecule has 20 heavy (non-hydrogen) atoms. The molecule has 0 aliphatic heterocycles. The van der Waals surface area contributed by atoms with Crippen LogP contribution in [0.15, 0.2) is 47.5 Å². The van der Waals surface area contributed by atoms with Crippen LogP contribution in [0.25, 0.3) is 0 Å². The lowest BCUT2D eigenvalue weighted by Crippen LogP contribution is -2.15. The summed E-state index contributed by atoms with van der Waals surface area (Å²) in [5, 5.41) is 8.54. The van der Waals surface area contributed by atoms with Gasteiger partial charge < -0.3 is 0 Å². The fraction of sp³-hybridized carbons (Fsp3) is 0.0769. The molecule has 5 nitrogen and oxygen atoms in total. The maximum Gasteiger partial charge on any atom is 0.263 e. The van der Waals surface area contributed by atoms with Gasteiger partial charge in [-0.2, -0.15) is 5.26 Å². The molecule has 0 spiro atoms. The van der Waals surface area contributed by atoms with Gasteiger partial charge in [0.15, 0.2) is 11.6 Å². The Balaban J connectivity index is 2.27. The van der Waals surface area contributed by atoms with Crippen LogP contribution in [0.3, 0.4) is 0 Å². The van der Waals surface area contributed by atoms with Gasteiger partial charge in [-0.05, 0) is 29.8 Å². The van der Waals surface area contributed by atoms with E-state index >= 15 is 0 Å². The molecule has 0 saturated heterocycles. The standard InChI is InChI=1S/C13H10FN3O2S/c14-12-2-1-9-16-13(12)17-20(18,19)11-5-3-10(4-6-11)7-8-15/h1-6,9H,7H2,(H,16,17). The molecule has 0 atom stereocenters. The largest absolute Gasteiger partial charge is 0.263 e. The van der Waals surface area contributed by atoms with Crippen molar-refractivity contribution >= 4 is 15.8 Å². The summed E-state index contributed by atoms with van der Waals surface area (Å²) in [6.07, 6.45) is 1.49. The highest BCUT2D eigenvalue weighted by Gasteiger charge is 2.16. The van der Waals surface area contributed by atoms with Gasteiger partial charge in [0, 0.05) is 6.20 Å². The van der Waals surface area contributed by atoms with Crippen LogP contribution in [0.5, 0.6) is 0 Å². The average Bonchev–Trinajstić information content (AvgIpc) is 2.42. The highest BCUT2D eigenvalue weighted by atomic mass is 32.2. The summed E-state index contributed by atoms with van der Waals surface area (Å²) in [7, 11) is -3.90. The minimum absolute atomic E-state index is 0.0238. The Morgan fingerprint density at radius 3 is 2.55 bits per heavy atom. The normalized spacial score (nSPS) is 10.8. The predicted molar refractivity (Wildman–Crippen MR) is 70.8 cm³/mol. The number of nitriles is 1. The van der Waals surface area contributed by atoms with Gasteiger partial charge in [-0.3, -0.25) is 4.72 Å². The molecule has 102 valence electrons. The summed E-state index contributed by atoms with van der Waals surface area (Å²) < 4.78 is 39.5. The Hall–Kier alpha value is -2.46. The van der Waals surface area contributed by atoms with Crippen molar-refractivity contribution in [3.8, 4) is 6.07 Å². The van der Waals surface area contributed by atoms with E-state index in [1.54, 1.807) is 0 Å². The van der Waals surface area contributed by atoms with Crippen LogP contribution in [0.4, 0.5) is 10.2 Å². The third-order valence-electron chi connectivity index (χ3n) is 2.51. The SMILES string of the molecule is N#CCc1ccc(S(=O)(=O)Nc2ncccc2F)cc1. The summed E-state index contributed by atoms with van der Waals surface area (Å²) in [4.78, 5) is 3.60. The van der Waals surface area contributed by atoms with E-state index in [0.29, 0.717) is 5.56 Å². The summed E-state index contributed by atoms with van der Waals surface area (Å²) in [5.74, 6) is -1.11. The number of benzene rings is 1. The van der Waals surface area contributed by atoms with Gasteiger partial charge in [-0.15, -0.1) is 0 Å². The van der Waals surface area contributed by atoms with Gasteiger partial charge in [0.05, 0.1) is 17.4 Å². The van der Waals surface area contributed by atoms with Crippen LogP contribution in [0.1, 0.15) is 5.56 Å². The Kier molecular flexibility index (Phi) is 3.96. The maximum absolute atomic E-state index is 13.4. The molecule has 1 aromatic carbocycles. The molecule has 0 fully saturated rings. The number of halogens is 1. The summed E-state index contributed by atoms with van der Waals surface area (Å²) in [5.41, 5.74) is 0.704. The van der Waals surface area contributed by atoms with Crippen molar-refractivity contribution in [1.82, 2.24) is 4.98 Å². The van der Waals surface area contributed by atoms with Crippen molar-refractivity contribution < 1.29 is 12.8 Å². The number of anilines is 1. The van der Waals surface area contributed by atoms with Crippen LogP contribution >= 0.6 is 0 Å². The summed E-state index contributed by atoms with van der Waals surface area (Å²) in [6, 6.07) is 10.2. The molecule has 1 heterocycles. The first-order valence-corrected chi connectivity index (χ1v) is 7.10. The quantitative estimate of drug-likeness (QED) is 0.935. The fourth-order valence-corrected chi connectivity index (χ4v) is 2.54. The zero-order valence-corrected chi connectivity index (χ0v) is 11.1. The third kappa shape index (κ3) is 3.10. The molecule has 0 unspecified atom stereocenters. The molecule has 0 aliphatic rings. The summed E-state index contributed by atoms with van der Waals surface area (Å²) in [6.45, 7) is 0. The van der Waals surface area contributed by atoms with Crippen LogP contribution in [-0.2, 0) is 16.4 Å². The minimum Gasteiger partial charge on any atom is -0.261 e.